The van der Waals surface area contributed by atoms with Crippen molar-refractivity contribution in [2.45, 2.75) is 13.5 Å². The van der Waals surface area contributed by atoms with Gasteiger partial charge in [0.2, 0.25) is 5.91 Å². The Morgan fingerprint density at radius 2 is 1.55 bits per heavy atom. The van der Waals surface area contributed by atoms with Gasteiger partial charge in [-0.05, 0) is 42.5 Å². The van der Waals surface area contributed by atoms with Crippen molar-refractivity contribution in [3.05, 3.63) is 78.1 Å². The molecule has 0 saturated heterocycles. The first kappa shape index (κ1) is 24.0. The number of hydrogen-bond acceptors (Lipinski definition) is 4. The summed E-state index contributed by atoms with van der Waals surface area (Å²) in [5, 5.41) is 0. The lowest BCUT2D eigenvalue weighted by Gasteiger charge is -2.25. The lowest BCUT2D eigenvalue weighted by molar-refractivity contribution is -0.116. The van der Waals surface area contributed by atoms with Crippen LogP contribution < -0.4 is 19.1 Å². The number of hydrogen-bond donors (Lipinski definition) is 0. The smallest absolute Gasteiger partial charge is 0.224 e. The van der Waals surface area contributed by atoms with Crippen molar-refractivity contribution in [3.8, 4) is 23.0 Å². The van der Waals surface area contributed by atoms with Crippen molar-refractivity contribution in [1.29, 1.82) is 0 Å². The average molecular weight is 458 g/mol. The molecule has 0 fully saturated rings. The van der Waals surface area contributed by atoms with E-state index in [2.05, 4.69) is 0 Å². The normalized spacial score (nSPS) is 10.5. The lowest BCUT2D eigenvalue weighted by atomic mass is 10.1. The topological polar surface area (TPSA) is 48.0 Å². The molecule has 3 rings (SSSR count). The fourth-order valence-electron chi connectivity index (χ4n) is 3.15. The maximum absolute atomic E-state index is 14.2. The second-order valence-electron chi connectivity index (χ2n) is 6.98. The molecule has 0 unspecified atom stereocenters. The molecule has 0 radical (unpaired) electrons. The van der Waals surface area contributed by atoms with Gasteiger partial charge in [-0.3, -0.25) is 4.79 Å². The number of amides is 1. The second kappa shape index (κ2) is 11.8. The Balaban J connectivity index is 1.98. The van der Waals surface area contributed by atoms with Gasteiger partial charge in [-0.2, -0.15) is 0 Å². The van der Waals surface area contributed by atoms with Crippen LogP contribution >= 0.6 is 0 Å². The molecule has 33 heavy (non-hydrogen) atoms. The minimum Gasteiger partial charge on any atom is -0.491 e. The van der Waals surface area contributed by atoms with Gasteiger partial charge in [0.1, 0.15) is 49.6 Å². The molecular weight excluding hydrogens is 434 g/mol. The molecule has 0 bridgehead atoms. The standard InChI is InChI=1S/C25H24F3NO4/c1-18(30)29(17-19-15-22(31-13-11-26)8-10-24(19)32-14-12-27)23-16-20(28)7-9-25(23)33-21-5-3-2-4-6-21/h2-10,15-16H,11-14,17H2,1H3/i28-1. The van der Waals surface area contributed by atoms with Crippen LogP contribution in [0.25, 0.3) is 0 Å². The summed E-state index contributed by atoms with van der Waals surface area (Å²) in [4.78, 5) is 13.9. The van der Waals surface area contributed by atoms with Gasteiger partial charge in [-0.25, -0.2) is 13.2 Å². The Bertz CT molecular complexity index is 1060. The SMILES string of the molecule is CC(=O)N(Cc1cc(OCCF)ccc1OCCF)c1cc([18F])ccc1Oc1ccccc1. The number of anilines is 1. The van der Waals surface area contributed by atoms with Crippen molar-refractivity contribution in [2.24, 2.45) is 0 Å². The van der Waals surface area contributed by atoms with E-state index in [9.17, 15) is 18.0 Å². The van der Waals surface area contributed by atoms with Gasteiger partial charge in [0.05, 0.1) is 12.2 Å². The van der Waals surface area contributed by atoms with Crippen LogP contribution in [0.5, 0.6) is 23.0 Å². The zero-order valence-electron chi connectivity index (χ0n) is 18.1. The molecular formula is C25H24F3NO4. The van der Waals surface area contributed by atoms with Crippen LogP contribution in [-0.4, -0.2) is 32.5 Å². The van der Waals surface area contributed by atoms with Crippen molar-refractivity contribution in [2.75, 3.05) is 31.5 Å². The van der Waals surface area contributed by atoms with E-state index >= 15 is 0 Å². The fraction of sp³-hybridized carbons (Fsp3) is 0.240. The van der Waals surface area contributed by atoms with E-state index in [1.54, 1.807) is 42.5 Å². The number of alkyl halides is 2. The number of ether oxygens (including phenoxy) is 3. The summed E-state index contributed by atoms with van der Waals surface area (Å²) in [6.07, 6.45) is 0. The molecule has 0 heterocycles. The molecule has 0 aromatic heterocycles. The molecule has 0 saturated carbocycles. The van der Waals surface area contributed by atoms with Gasteiger partial charge >= 0.3 is 0 Å². The number of nitrogens with zero attached hydrogens (tertiary/aromatic N) is 1. The Kier molecular flexibility index (Phi) is 8.57. The third-order valence-corrected chi connectivity index (χ3v) is 4.60. The molecule has 174 valence electrons. The predicted molar refractivity (Wildman–Crippen MR) is 119 cm³/mol. The highest BCUT2D eigenvalue weighted by Gasteiger charge is 2.21. The molecule has 0 atom stereocenters. The van der Waals surface area contributed by atoms with Gasteiger partial charge in [0.25, 0.3) is 0 Å². The third-order valence-electron chi connectivity index (χ3n) is 4.60. The van der Waals surface area contributed by atoms with Crippen molar-refractivity contribution in [3.63, 3.8) is 0 Å². The summed E-state index contributed by atoms with van der Waals surface area (Å²) in [5.74, 6) is 0.541. The highest BCUT2D eigenvalue weighted by atomic mass is 19.1. The van der Waals surface area contributed by atoms with E-state index < -0.39 is 19.2 Å². The van der Waals surface area contributed by atoms with E-state index in [0.29, 0.717) is 22.8 Å². The van der Waals surface area contributed by atoms with Crippen molar-refractivity contribution >= 4 is 11.6 Å². The molecule has 0 N–H and O–H groups in total. The first-order valence-corrected chi connectivity index (χ1v) is 10.3. The molecule has 0 aliphatic heterocycles. The van der Waals surface area contributed by atoms with E-state index in [4.69, 9.17) is 14.2 Å². The number of carbonyl (C=O) groups is 1. The molecule has 0 spiro atoms. The Morgan fingerprint density at radius 3 is 2.24 bits per heavy atom. The Labute approximate surface area is 190 Å². The Hall–Kier alpha value is -3.68. The Morgan fingerprint density at radius 1 is 0.848 bits per heavy atom. The number of rotatable bonds is 11. The molecule has 3 aromatic carbocycles. The maximum Gasteiger partial charge on any atom is 0.224 e. The number of benzene rings is 3. The summed E-state index contributed by atoms with van der Waals surface area (Å²) in [7, 11) is 0. The van der Waals surface area contributed by atoms with Gasteiger partial charge < -0.3 is 19.1 Å². The van der Waals surface area contributed by atoms with Crippen LogP contribution in [-0.2, 0) is 11.3 Å². The molecule has 5 nitrogen and oxygen atoms in total. The predicted octanol–water partition coefficient (Wildman–Crippen LogP) is 5.87. The fourth-order valence-corrected chi connectivity index (χ4v) is 3.15. The summed E-state index contributed by atoms with van der Waals surface area (Å²) in [6.45, 7) is -0.395. The van der Waals surface area contributed by atoms with Crippen molar-refractivity contribution in [1.82, 2.24) is 0 Å². The number of carbonyl (C=O) groups excluding carboxylic acids is 1. The van der Waals surface area contributed by atoms with Crippen LogP contribution in [0.4, 0.5) is 18.9 Å². The van der Waals surface area contributed by atoms with Gasteiger partial charge in [-0.1, -0.05) is 18.2 Å². The second-order valence-corrected chi connectivity index (χ2v) is 6.98. The number of para-hydroxylation sites is 1. The van der Waals surface area contributed by atoms with Crippen molar-refractivity contribution < 1.29 is 32.2 Å². The average Bonchev–Trinajstić information content (AvgIpc) is 2.82. The van der Waals surface area contributed by atoms with E-state index in [-0.39, 0.29) is 37.1 Å². The largest absolute Gasteiger partial charge is 0.491 e. The van der Waals surface area contributed by atoms with Gasteiger partial charge in [0, 0.05) is 18.6 Å². The summed E-state index contributed by atoms with van der Waals surface area (Å²) in [6, 6.07) is 17.5. The zero-order valence-corrected chi connectivity index (χ0v) is 18.1. The van der Waals surface area contributed by atoms with E-state index in [0.717, 1.165) is 0 Å². The minimum absolute atomic E-state index is 0.0433. The highest BCUT2D eigenvalue weighted by molar-refractivity contribution is 5.93. The maximum atomic E-state index is 14.2. The van der Waals surface area contributed by atoms with Crippen LogP contribution in [0.1, 0.15) is 12.5 Å². The molecule has 3 aromatic rings. The quantitative estimate of drug-likeness (QED) is 0.361. The molecule has 0 aliphatic carbocycles. The van der Waals surface area contributed by atoms with Crippen LogP contribution in [0.3, 0.4) is 0 Å². The first-order chi connectivity index (χ1) is 16.0. The van der Waals surface area contributed by atoms with Crippen LogP contribution in [0.15, 0.2) is 66.7 Å². The van der Waals surface area contributed by atoms with Crippen LogP contribution in [0.2, 0.25) is 0 Å². The lowest BCUT2D eigenvalue weighted by Crippen LogP contribution is -2.28. The van der Waals surface area contributed by atoms with Gasteiger partial charge in [0.15, 0.2) is 5.75 Å². The van der Waals surface area contributed by atoms with Gasteiger partial charge in [-0.15, -0.1) is 0 Å². The summed E-state index contributed by atoms with van der Waals surface area (Å²) in [5.41, 5.74) is 0.683. The number of halogens is 3. The summed E-state index contributed by atoms with van der Waals surface area (Å²) >= 11 is 0. The molecule has 0 aliphatic rings. The van der Waals surface area contributed by atoms with Crippen LogP contribution in [0, 0.1) is 5.82 Å². The molecule has 8 heteroatoms. The monoisotopic (exact) mass is 458 g/mol. The van der Waals surface area contributed by atoms with E-state index in [1.165, 1.54) is 30.0 Å². The minimum atomic E-state index is -0.699. The highest BCUT2D eigenvalue weighted by Crippen LogP contribution is 2.36. The zero-order chi connectivity index (χ0) is 23.6. The molecule has 1 amide bonds. The first-order valence-electron chi connectivity index (χ1n) is 10.3. The van der Waals surface area contributed by atoms with E-state index in [1.807, 2.05) is 6.07 Å². The summed E-state index contributed by atoms with van der Waals surface area (Å²) < 4.78 is 56.1. The third kappa shape index (κ3) is 6.65.